The first-order chi connectivity index (χ1) is 16.9. The summed E-state index contributed by atoms with van der Waals surface area (Å²) in [7, 11) is 4.54. The van der Waals surface area contributed by atoms with Gasteiger partial charge in [0, 0.05) is 14.6 Å². The molecule has 0 saturated carbocycles. The third kappa shape index (κ3) is 3.79. The number of carbonyl (C=O) groups excluding carboxylic acids is 1. The van der Waals surface area contributed by atoms with E-state index in [9.17, 15) is 9.59 Å². The zero-order valence-corrected chi connectivity index (χ0v) is 22.1. The average Bonchev–Trinajstić information content (AvgIpc) is 3.16. The van der Waals surface area contributed by atoms with E-state index in [0.717, 1.165) is 8.95 Å². The number of nitrogens with zero attached hydrogens (tertiary/aromatic N) is 1. The van der Waals surface area contributed by atoms with Gasteiger partial charge in [-0.05, 0) is 54.1 Å². The van der Waals surface area contributed by atoms with Crippen molar-refractivity contribution in [2.24, 2.45) is 0 Å². The highest BCUT2D eigenvalue weighted by atomic mass is 79.9. The van der Waals surface area contributed by atoms with Crippen LogP contribution in [-0.4, -0.2) is 27.2 Å². The highest BCUT2D eigenvalue weighted by Crippen LogP contribution is 2.46. The normalized spacial score (nSPS) is 14.8. The molecule has 1 aliphatic rings. The van der Waals surface area contributed by atoms with Gasteiger partial charge in [-0.2, -0.15) is 0 Å². The molecule has 1 unspecified atom stereocenters. The molecule has 1 aromatic heterocycles. The first-order valence-electron chi connectivity index (χ1n) is 10.5. The molecular weight excluding hydrogens is 582 g/mol. The minimum Gasteiger partial charge on any atom is -0.493 e. The molecule has 0 N–H and O–H groups in total. The van der Waals surface area contributed by atoms with Gasteiger partial charge in [0.25, 0.3) is 5.91 Å². The van der Waals surface area contributed by atoms with Crippen molar-refractivity contribution < 1.29 is 23.4 Å². The van der Waals surface area contributed by atoms with Gasteiger partial charge in [0.05, 0.1) is 38.3 Å². The lowest BCUT2D eigenvalue weighted by Crippen LogP contribution is -2.29. The van der Waals surface area contributed by atoms with Crippen LogP contribution in [0.4, 0.5) is 5.69 Å². The number of anilines is 1. The van der Waals surface area contributed by atoms with Crippen LogP contribution in [0.25, 0.3) is 11.0 Å². The first kappa shape index (κ1) is 23.4. The highest BCUT2D eigenvalue weighted by Gasteiger charge is 2.44. The van der Waals surface area contributed by atoms with Crippen LogP contribution >= 0.6 is 31.9 Å². The van der Waals surface area contributed by atoms with Gasteiger partial charge in [0.2, 0.25) is 11.5 Å². The molecule has 5 rings (SSSR count). The summed E-state index contributed by atoms with van der Waals surface area (Å²) in [6, 6.07) is 15.1. The standard InChI is InChI=1S/C26H19Br2NO6/c1-32-19-9-13(10-20(33-2)24(19)34-3)22-21-23(30)17-12-15(28)7-8-18(17)35-25(21)26(31)29(22)16-6-4-5-14(27)11-16/h4-12,22H,1-3H3. The van der Waals surface area contributed by atoms with Crippen LogP contribution < -0.4 is 24.5 Å². The SMILES string of the molecule is COc1cc(C2c3c(oc4ccc(Br)cc4c3=O)C(=O)N2c2cccc(Br)c2)cc(OC)c1OC. The van der Waals surface area contributed by atoms with Gasteiger partial charge in [0.1, 0.15) is 5.58 Å². The second kappa shape index (κ2) is 9.05. The maximum absolute atomic E-state index is 13.8. The molecule has 0 aliphatic carbocycles. The molecule has 0 bridgehead atoms. The number of fused-ring (bicyclic) bond motifs is 2. The Bertz CT molecular complexity index is 1520. The van der Waals surface area contributed by atoms with Crippen molar-refractivity contribution in [1.29, 1.82) is 0 Å². The molecule has 1 atom stereocenters. The molecule has 0 radical (unpaired) electrons. The Balaban J connectivity index is 1.85. The van der Waals surface area contributed by atoms with E-state index in [0.29, 0.717) is 39.5 Å². The Hall–Kier alpha value is -3.30. The van der Waals surface area contributed by atoms with Crippen LogP contribution in [0.2, 0.25) is 0 Å². The summed E-state index contributed by atoms with van der Waals surface area (Å²) in [5, 5.41) is 0.374. The molecule has 2 heterocycles. The van der Waals surface area contributed by atoms with Crippen molar-refractivity contribution in [2.75, 3.05) is 26.2 Å². The summed E-state index contributed by atoms with van der Waals surface area (Å²) >= 11 is 6.90. The van der Waals surface area contributed by atoms with Gasteiger partial charge in [-0.3, -0.25) is 14.5 Å². The second-order valence-corrected chi connectivity index (χ2v) is 9.66. The van der Waals surface area contributed by atoms with Gasteiger partial charge >= 0.3 is 0 Å². The smallest absolute Gasteiger partial charge is 0.295 e. The molecule has 3 aromatic carbocycles. The van der Waals surface area contributed by atoms with Crippen molar-refractivity contribution in [3.05, 3.63) is 90.7 Å². The summed E-state index contributed by atoms with van der Waals surface area (Å²) in [5.41, 5.74) is 1.50. The molecule has 35 heavy (non-hydrogen) atoms. The summed E-state index contributed by atoms with van der Waals surface area (Å²) in [4.78, 5) is 29.1. The molecular formula is C26H19Br2NO6. The summed E-state index contributed by atoms with van der Waals surface area (Å²) < 4.78 is 24.1. The van der Waals surface area contributed by atoms with Gasteiger partial charge in [-0.1, -0.05) is 37.9 Å². The maximum atomic E-state index is 13.8. The molecule has 7 nitrogen and oxygen atoms in total. The van der Waals surface area contributed by atoms with Crippen LogP contribution in [0.15, 0.2) is 72.8 Å². The maximum Gasteiger partial charge on any atom is 0.295 e. The number of hydrogen-bond donors (Lipinski definition) is 0. The fraction of sp³-hybridized carbons (Fsp3) is 0.154. The number of hydrogen-bond acceptors (Lipinski definition) is 6. The highest BCUT2D eigenvalue weighted by molar-refractivity contribution is 9.10. The third-order valence-electron chi connectivity index (χ3n) is 5.92. The van der Waals surface area contributed by atoms with Crippen molar-refractivity contribution in [3.63, 3.8) is 0 Å². The van der Waals surface area contributed by atoms with E-state index in [1.54, 1.807) is 41.3 Å². The van der Waals surface area contributed by atoms with Gasteiger partial charge < -0.3 is 18.6 Å². The van der Waals surface area contributed by atoms with E-state index in [-0.39, 0.29) is 16.8 Å². The number of amides is 1. The van der Waals surface area contributed by atoms with E-state index in [1.807, 2.05) is 18.2 Å². The van der Waals surface area contributed by atoms with E-state index >= 15 is 0 Å². The van der Waals surface area contributed by atoms with E-state index in [2.05, 4.69) is 31.9 Å². The number of ether oxygens (including phenoxy) is 3. The topological polar surface area (TPSA) is 78.2 Å². The number of carbonyl (C=O) groups is 1. The van der Waals surface area contributed by atoms with Crippen LogP contribution in [0.5, 0.6) is 17.2 Å². The Morgan fingerprint density at radius 1 is 0.857 bits per heavy atom. The van der Waals surface area contributed by atoms with E-state index in [4.69, 9.17) is 18.6 Å². The Kier molecular flexibility index (Phi) is 6.06. The molecule has 0 saturated heterocycles. The lowest BCUT2D eigenvalue weighted by Gasteiger charge is -2.26. The number of rotatable bonds is 5. The van der Waals surface area contributed by atoms with E-state index < -0.39 is 11.9 Å². The fourth-order valence-electron chi connectivity index (χ4n) is 4.41. The third-order valence-corrected chi connectivity index (χ3v) is 6.91. The summed E-state index contributed by atoms with van der Waals surface area (Å²) in [5.74, 6) is 0.809. The Morgan fingerprint density at radius 3 is 2.17 bits per heavy atom. The zero-order chi connectivity index (χ0) is 24.9. The van der Waals surface area contributed by atoms with Crippen molar-refractivity contribution >= 4 is 54.4 Å². The lowest BCUT2D eigenvalue weighted by molar-refractivity contribution is 0.0971. The van der Waals surface area contributed by atoms with Crippen molar-refractivity contribution in [1.82, 2.24) is 0 Å². The first-order valence-corrected chi connectivity index (χ1v) is 12.1. The number of benzene rings is 3. The van der Waals surface area contributed by atoms with Crippen LogP contribution in [0.1, 0.15) is 27.7 Å². The zero-order valence-electron chi connectivity index (χ0n) is 18.9. The molecule has 9 heteroatoms. The predicted octanol–water partition coefficient (Wildman–Crippen LogP) is 6.09. The molecule has 4 aromatic rings. The average molecular weight is 601 g/mol. The van der Waals surface area contributed by atoms with Gasteiger partial charge in [-0.15, -0.1) is 0 Å². The number of halogens is 2. The monoisotopic (exact) mass is 599 g/mol. The van der Waals surface area contributed by atoms with Crippen LogP contribution in [0.3, 0.4) is 0 Å². The molecule has 1 aliphatic heterocycles. The van der Waals surface area contributed by atoms with Crippen LogP contribution in [0, 0.1) is 0 Å². The Morgan fingerprint density at radius 2 is 1.54 bits per heavy atom. The molecule has 178 valence electrons. The largest absolute Gasteiger partial charge is 0.493 e. The summed E-state index contributed by atoms with van der Waals surface area (Å²) in [6.07, 6.45) is 0. The fourth-order valence-corrected chi connectivity index (χ4v) is 5.16. The lowest BCUT2D eigenvalue weighted by atomic mass is 9.97. The van der Waals surface area contributed by atoms with Crippen LogP contribution in [-0.2, 0) is 0 Å². The predicted molar refractivity (Wildman–Crippen MR) is 139 cm³/mol. The van der Waals surface area contributed by atoms with Crippen molar-refractivity contribution in [3.8, 4) is 17.2 Å². The molecule has 0 fully saturated rings. The molecule has 0 spiro atoms. The Labute approximate surface area is 217 Å². The molecule has 1 amide bonds. The quantitative estimate of drug-likeness (QED) is 0.276. The van der Waals surface area contributed by atoms with Gasteiger partial charge in [0.15, 0.2) is 16.9 Å². The van der Waals surface area contributed by atoms with Crippen molar-refractivity contribution in [2.45, 2.75) is 6.04 Å². The van der Waals surface area contributed by atoms with Gasteiger partial charge in [-0.25, -0.2) is 0 Å². The second-order valence-electron chi connectivity index (χ2n) is 7.83. The summed E-state index contributed by atoms with van der Waals surface area (Å²) in [6.45, 7) is 0. The number of methoxy groups -OCH3 is 3. The minimum absolute atomic E-state index is 0.00329. The minimum atomic E-state index is -0.792. The van der Waals surface area contributed by atoms with E-state index in [1.165, 1.54) is 21.3 Å².